The summed E-state index contributed by atoms with van der Waals surface area (Å²) in [5, 5.41) is 12.6. The summed E-state index contributed by atoms with van der Waals surface area (Å²) in [6, 6.07) is 9.24. The maximum absolute atomic E-state index is 11.1. The molecule has 1 heterocycles. The normalized spacial score (nSPS) is 9.75. The van der Waals surface area contributed by atoms with Crippen molar-refractivity contribution in [1.29, 1.82) is 5.26 Å². The van der Waals surface area contributed by atoms with Crippen LogP contribution in [0.15, 0.2) is 35.4 Å². The minimum Gasteiger partial charge on any atom is -0.264 e. The molecule has 5 nitrogen and oxygen atoms in total. The Labute approximate surface area is 91.6 Å². The van der Waals surface area contributed by atoms with E-state index in [1.165, 1.54) is 11.0 Å². The van der Waals surface area contributed by atoms with Crippen LogP contribution in [0.25, 0.3) is 5.69 Å². The Bertz CT molecular complexity index is 624. The van der Waals surface area contributed by atoms with Gasteiger partial charge in [-0.1, -0.05) is 18.2 Å². The van der Waals surface area contributed by atoms with Gasteiger partial charge in [-0.2, -0.15) is 10.2 Å². The highest BCUT2D eigenvalue weighted by molar-refractivity contribution is 5.38. The lowest BCUT2D eigenvalue weighted by atomic mass is 10.2. The molecule has 1 aromatic heterocycles. The molecule has 0 saturated heterocycles. The molecule has 0 aliphatic rings. The lowest BCUT2D eigenvalue weighted by Gasteiger charge is -2.06. The molecule has 78 valence electrons. The van der Waals surface area contributed by atoms with Crippen molar-refractivity contribution in [3.05, 3.63) is 52.2 Å². The van der Waals surface area contributed by atoms with E-state index in [1.54, 1.807) is 6.07 Å². The highest BCUT2D eigenvalue weighted by Gasteiger charge is 2.04. The van der Waals surface area contributed by atoms with Crippen LogP contribution in [-0.2, 0) is 0 Å². The molecule has 2 rings (SSSR count). The Morgan fingerprint density at radius 1 is 1.38 bits per heavy atom. The number of rotatable bonds is 1. The standard InChI is InChI=1S/C11H8N4O/c1-8-4-2-3-5-10(8)15-7-13-11(16)9(6-12)14-15/h2-5,7H,1H3. The van der Waals surface area contributed by atoms with Crippen molar-refractivity contribution < 1.29 is 0 Å². The SMILES string of the molecule is Cc1ccccc1-n1cnc(=O)c(C#N)n1. The van der Waals surface area contributed by atoms with E-state index in [9.17, 15) is 4.79 Å². The highest BCUT2D eigenvalue weighted by Crippen LogP contribution is 2.10. The van der Waals surface area contributed by atoms with E-state index in [2.05, 4.69) is 10.1 Å². The fraction of sp³-hybridized carbons (Fsp3) is 0.0909. The predicted molar refractivity (Wildman–Crippen MR) is 57.1 cm³/mol. The average molecular weight is 212 g/mol. The molecule has 5 heteroatoms. The van der Waals surface area contributed by atoms with Gasteiger partial charge in [0.2, 0.25) is 5.69 Å². The maximum atomic E-state index is 11.1. The van der Waals surface area contributed by atoms with E-state index >= 15 is 0 Å². The van der Waals surface area contributed by atoms with Crippen LogP contribution in [0.4, 0.5) is 0 Å². The third-order valence-corrected chi connectivity index (χ3v) is 2.16. The van der Waals surface area contributed by atoms with Gasteiger partial charge in [0.1, 0.15) is 12.4 Å². The molecule has 0 aliphatic carbocycles. The lowest BCUT2D eigenvalue weighted by molar-refractivity contribution is 0.778. The molecule has 0 spiro atoms. The van der Waals surface area contributed by atoms with Crippen molar-refractivity contribution in [3.8, 4) is 11.8 Å². The van der Waals surface area contributed by atoms with Crippen molar-refractivity contribution in [1.82, 2.24) is 14.8 Å². The number of para-hydroxylation sites is 1. The number of aromatic nitrogens is 3. The summed E-state index contributed by atoms with van der Waals surface area (Å²) in [5.41, 5.74) is 0.980. The van der Waals surface area contributed by atoms with Gasteiger partial charge in [-0.25, -0.2) is 4.68 Å². The Kier molecular flexibility index (Phi) is 2.48. The van der Waals surface area contributed by atoms with E-state index in [4.69, 9.17) is 5.26 Å². The van der Waals surface area contributed by atoms with Crippen molar-refractivity contribution >= 4 is 0 Å². The van der Waals surface area contributed by atoms with Crippen LogP contribution >= 0.6 is 0 Å². The maximum Gasteiger partial charge on any atom is 0.309 e. The lowest BCUT2D eigenvalue weighted by Crippen LogP contribution is -2.18. The fourth-order valence-corrected chi connectivity index (χ4v) is 1.35. The first-order valence-electron chi connectivity index (χ1n) is 4.64. The van der Waals surface area contributed by atoms with Gasteiger partial charge >= 0.3 is 5.56 Å². The Balaban J connectivity index is 2.63. The zero-order valence-electron chi connectivity index (χ0n) is 8.58. The molecular formula is C11H8N4O. The minimum atomic E-state index is -0.604. The Morgan fingerprint density at radius 3 is 2.81 bits per heavy atom. The van der Waals surface area contributed by atoms with Gasteiger partial charge in [-0.05, 0) is 18.6 Å². The topological polar surface area (TPSA) is 71.6 Å². The number of benzene rings is 1. The second-order valence-electron chi connectivity index (χ2n) is 3.24. The molecule has 0 unspecified atom stereocenters. The van der Waals surface area contributed by atoms with Gasteiger partial charge < -0.3 is 0 Å². The monoisotopic (exact) mass is 212 g/mol. The average Bonchev–Trinajstić information content (AvgIpc) is 2.31. The van der Waals surface area contributed by atoms with Crippen LogP contribution in [0.2, 0.25) is 0 Å². The zero-order chi connectivity index (χ0) is 11.5. The number of aryl methyl sites for hydroxylation is 1. The summed E-state index contributed by atoms with van der Waals surface area (Å²) in [6.45, 7) is 1.92. The van der Waals surface area contributed by atoms with Crippen LogP contribution in [0.1, 0.15) is 11.3 Å². The summed E-state index contributed by atoms with van der Waals surface area (Å²) in [7, 11) is 0. The summed E-state index contributed by atoms with van der Waals surface area (Å²) >= 11 is 0. The van der Waals surface area contributed by atoms with Crippen LogP contribution < -0.4 is 5.56 Å². The molecule has 0 amide bonds. The molecule has 16 heavy (non-hydrogen) atoms. The second kappa shape index (κ2) is 3.95. The van der Waals surface area contributed by atoms with Gasteiger partial charge in [0, 0.05) is 0 Å². The first-order valence-corrected chi connectivity index (χ1v) is 4.64. The molecule has 0 fully saturated rings. The van der Waals surface area contributed by atoms with E-state index < -0.39 is 5.56 Å². The highest BCUT2D eigenvalue weighted by atomic mass is 16.1. The molecule has 1 aromatic carbocycles. The van der Waals surface area contributed by atoms with Crippen LogP contribution in [0.5, 0.6) is 0 Å². The smallest absolute Gasteiger partial charge is 0.264 e. The van der Waals surface area contributed by atoms with E-state index in [1.807, 2.05) is 31.2 Å². The van der Waals surface area contributed by atoms with Gasteiger partial charge in [-0.15, -0.1) is 5.10 Å². The van der Waals surface area contributed by atoms with Gasteiger partial charge in [0.15, 0.2) is 0 Å². The fourth-order valence-electron chi connectivity index (χ4n) is 1.35. The molecular weight excluding hydrogens is 204 g/mol. The van der Waals surface area contributed by atoms with Crippen LogP contribution in [0, 0.1) is 18.3 Å². The quantitative estimate of drug-likeness (QED) is 0.701. The molecule has 0 atom stereocenters. The minimum absolute atomic E-state index is 0.203. The largest absolute Gasteiger partial charge is 0.309 e. The van der Waals surface area contributed by atoms with E-state index in [0.29, 0.717) is 0 Å². The molecule has 0 radical (unpaired) electrons. The van der Waals surface area contributed by atoms with E-state index in [-0.39, 0.29) is 5.69 Å². The predicted octanol–water partition coefficient (Wildman–Crippen LogP) is 0.808. The molecule has 0 bridgehead atoms. The van der Waals surface area contributed by atoms with Crippen molar-refractivity contribution in [2.75, 3.05) is 0 Å². The summed E-state index contributed by atoms with van der Waals surface area (Å²) in [6.07, 6.45) is 1.31. The third-order valence-electron chi connectivity index (χ3n) is 2.16. The Hall–Kier alpha value is -2.48. The summed E-state index contributed by atoms with van der Waals surface area (Å²) in [5.74, 6) is 0. The molecule has 2 aromatic rings. The third kappa shape index (κ3) is 1.68. The van der Waals surface area contributed by atoms with Gasteiger partial charge in [0.25, 0.3) is 0 Å². The summed E-state index contributed by atoms with van der Waals surface area (Å²) in [4.78, 5) is 14.7. The van der Waals surface area contributed by atoms with Gasteiger partial charge in [0.05, 0.1) is 5.69 Å². The first kappa shape index (κ1) is 10.1. The van der Waals surface area contributed by atoms with Crippen molar-refractivity contribution in [2.45, 2.75) is 6.92 Å². The van der Waals surface area contributed by atoms with Crippen molar-refractivity contribution in [2.24, 2.45) is 0 Å². The van der Waals surface area contributed by atoms with Crippen LogP contribution in [0.3, 0.4) is 0 Å². The van der Waals surface area contributed by atoms with Crippen LogP contribution in [-0.4, -0.2) is 14.8 Å². The summed E-state index contributed by atoms with van der Waals surface area (Å²) < 4.78 is 1.43. The van der Waals surface area contributed by atoms with Gasteiger partial charge in [-0.3, -0.25) is 4.79 Å². The molecule has 0 saturated carbocycles. The number of hydrogen-bond acceptors (Lipinski definition) is 4. The molecule has 0 aliphatic heterocycles. The molecule has 0 N–H and O–H groups in total. The van der Waals surface area contributed by atoms with E-state index in [0.717, 1.165) is 11.3 Å². The number of nitrogens with zero attached hydrogens (tertiary/aromatic N) is 4. The van der Waals surface area contributed by atoms with Crippen molar-refractivity contribution in [3.63, 3.8) is 0 Å². The Morgan fingerprint density at radius 2 is 2.12 bits per heavy atom. The number of nitriles is 1. The second-order valence-corrected chi connectivity index (χ2v) is 3.24. The number of hydrogen-bond donors (Lipinski definition) is 0. The zero-order valence-corrected chi connectivity index (χ0v) is 8.58. The first-order chi connectivity index (χ1) is 7.72.